The minimum Gasteiger partial charge on any atom is -0.407 e. The van der Waals surface area contributed by atoms with Gasteiger partial charge in [0.25, 0.3) is 8.32 Å². The fourth-order valence-corrected chi connectivity index (χ4v) is 8.82. The van der Waals surface area contributed by atoms with Gasteiger partial charge in [0.2, 0.25) is 0 Å². The molecule has 1 aliphatic heterocycles. The monoisotopic (exact) mass is 463 g/mol. The van der Waals surface area contributed by atoms with Crippen LogP contribution >= 0.6 is 0 Å². The van der Waals surface area contributed by atoms with Crippen LogP contribution in [-0.2, 0) is 13.9 Å². The summed E-state index contributed by atoms with van der Waals surface area (Å²) < 4.78 is 17.6. The molecule has 33 heavy (non-hydrogen) atoms. The molecule has 6 heteroatoms. The second-order valence-corrected chi connectivity index (χ2v) is 13.5. The fraction of sp³-hybridized carbons (Fsp3) is 0.444. The van der Waals surface area contributed by atoms with Gasteiger partial charge in [0.1, 0.15) is 12.2 Å². The van der Waals surface area contributed by atoms with Gasteiger partial charge in [-0.2, -0.15) is 5.26 Å². The molecule has 0 saturated carbocycles. The highest BCUT2D eigenvalue weighted by atomic mass is 28.4. The molecule has 1 aliphatic rings. The van der Waals surface area contributed by atoms with Crippen LogP contribution in [0.25, 0.3) is 0 Å². The molecule has 0 radical (unpaired) electrons. The van der Waals surface area contributed by atoms with E-state index in [2.05, 4.69) is 81.1 Å². The normalized spacial score (nSPS) is 16.8. The van der Waals surface area contributed by atoms with E-state index in [0.29, 0.717) is 32.7 Å². The molecule has 1 N–H and O–H groups in total. The number of rotatable bonds is 7. The second-order valence-electron chi connectivity index (χ2n) is 9.22. The van der Waals surface area contributed by atoms with Gasteiger partial charge in [-0.05, 0) is 40.6 Å². The average molecular weight is 464 g/mol. The van der Waals surface area contributed by atoms with Gasteiger partial charge in [0, 0.05) is 6.61 Å². The van der Waals surface area contributed by atoms with Crippen LogP contribution in [0.15, 0.2) is 60.7 Å². The fourth-order valence-electron chi connectivity index (χ4n) is 4.21. The lowest BCUT2D eigenvalue weighted by atomic mass is 10.2. The minimum absolute atomic E-state index is 0.0943. The molecule has 2 aromatic carbocycles. The largest absolute Gasteiger partial charge is 0.407 e. The maximum atomic E-state index is 10.4. The summed E-state index contributed by atoms with van der Waals surface area (Å²) >= 11 is 0. The molecule has 0 bridgehead atoms. The van der Waals surface area contributed by atoms with Crippen LogP contribution in [0.2, 0.25) is 5.04 Å². The smallest absolute Gasteiger partial charge is 0.326 e. The summed E-state index contributed by atoms with van der Waals surface area (Å²) in [6.07, 6.45) is 0.925. The number of nitriles is 1. The maximum absolute atomic E-state index is 10.4. The van der Waals surface area contributed by atoms with Gasteiger partial charge in [-0.3, -0.25) is 0 Å². The molecule has 0 aromatic heterocycles. The van der Waals surface area contributed by atoms with Gasteiger partial charge >= 0.3 is 5.79 Å². The minimum atomic E-state index is -2.59. The lowest BCUT2D eigenvalue weighted by Gasteiger charge is -2.43. The zero-order chi connectivity index (χ0) is 23.8. The Labute approximate surface area is 198 Å². The first-order valence-electron chi connectivity index (χ1n) is 11.5. The van der Waals surface area contributed by atoms with Gasteiger partial charge < -0.3 is 19.0 Å². The molecule has 5 nitrogen and oxygen atoms in total. The lowest BCUT2D eigenvalue weighted by Crippen LogP contribution is -2.66. The van der Waals surface area contributed by atoms with Crippen LogP contribution in [0, 0.1) is 23.2 Å². The van der Waals surface area contributed by atoms with Crippen LogP contribution in [0.3, 0.4) is 0 Å². The number of benzene rings is 2. The molecule has 1 unspecified atom stereocenters. The van der Waals surface area contributed by atoms with Crippen molar-refractivity contribution in [3.63, 3.8) is 0 Å². The highest BCUT2D eigenvalue weighted by Crippen LogP contribution is 2.36. The highest BCUT2D eigenvalue weighted by Gasteiger charge is 2.49. The SMILES string of the molecule is CC(C)(C)[Si](OCCCC(O)C#CC1(C#N)OCCCO1)(c1ccccc1)c1ccccc1. The van der Waals surface area contributed by atoms with Crippen LogP contribution in [0.1, 0.15) is 40.0 Å². The predicted molar refractivity (Wildman–Crippen MR) is 131 cm³/mol. The van der Waals surface area contributed by atoms with Crippen molar-refractivity contribution in [2.75, 3.05) is 19.8 Å². The van der Waals surface area contributed by atoms with E-state index in [1.807, 2.05) is 18.2 Å². The van der Waals surface area contributed by atoms with Crippen molar-refractivity contribution in [2.45, 2.75) is 57.0 Å². The van der Waals surface area contributed by atoms with Gasteiger partial charge in [-0.1, -0.05) is 87.4 Å². The molecule has 2 aromatic rings. The Hall–Kier alpha value is -2.45. The van der Waals surface area contributed by atoms with E-state index in [1.165, 1.54) is 10.4 Å². The molecule has 3 rings (SSSR count). The lowest BCUT2D eigenvalue weighted by molar-refractivity contribution is -0.194. The van der Waals surface area contributed by atoms with Crippen LogP contribution < -0.4 is 10.4 Å². The summed E-state index contributed by atoms with van der Waals surface area (Å²) in [4.78, 5) is 0. The number of aliphatic hydroxyl groups is 1. The van der Waals surface area contributed by atoms with Crippen molar-refractivity contribution in [1.29, 1.82) is 5.26 Å². The Morgan fingerprint density at radius 3 is 2.06 bits per heavy atom. The zero-order valence-corrected chi connectivity index (χ0v) is 20.7. The number of hydrogen-bond donors (Lipinski definition) is 1. The van der Waals surface area contributed by atoms with E-state index >= 15 is 0 Å². The molecular formula is C27H33NO4Si. The Bertz CT molecular complexity index is 941. The summed E-state index contributed by atoms with van der Waals surface area (Å²) in [7, 11) is -2.59. The summed E-state index contributed by atoms with van der Waals surface area (Å²) in [6.45, 7) is 8.07. The predicted octanol–water partition coefficient (Wildman–Crippen LogP) is 3.36. The van der Waals surface area contributed by atoms with E-state index in [0.717, 1.165) is 6.42 Å². The Balaban J connectivity index is 1.73. The van der Waals surface area contributed by atoms with E-state index in [4.69, 9.17) is 13.9 Å². The molecule has 0 amide bonds. The highest BCUT2D eigenvalue weighted by molar-refractivity contribution is 6.99. The van der Waals surface area contributed by atoms with E-state index < -0.39 is 20.2 Å². The topological polar surface area (TPSA) is 71.7 Å². The number of hydrogen-bond acceptors (Lipinski definition) is 5. The van der Waals surface area contributed by atoms with Gasteiger partial charge in [-0.25, -0.2) is 0 Å². The van der Waals surface area contributed by atoms with Crippen molar-refractivity contribution < 1.29 is 19.0 Å². The van der Waals surface area contributed by atoms with Crippen LogP contribution in [0.4, 0.5) is 0 Å². The molecule has 0 aliphatic carbocycles. The van der Waals surface area contributed by atoms with Crippen LogP contribution in [0.5, 0.6) is 0 Å². The molecule has 0 spiro atoms. The van der Waals surface area contributed by atoms with E-state index in [9.17, 15) is 10.4 Å². The molecule has 1 heterocycles. The quantitative estimate of drug-likeness (QED) is 0.387. The molecule has 1 saturated heterocycles. The third kappa shape index (κ3) is 5.92. The Kier molecular flexibility index (Phi) is 8.48. The third-order valence-corrected chi connectivity index (χ3v) is 10.8. The van der Waals surface area contributed by atoms with Crippen molar-refractivity contribution in [3.05, 3.63) is 60.7 Å². The number of ether oxygens (including phenoxy) is 2. The summed E-state index contributed by atoms with van der Waals surface area (Å²) in [5.74, 6) is 3.84. The number of aliphatic hydroxyl groups excluding tert-OH is 1. The van der Waals surface area contributed by atoms with Crippen molar-refractivity contribution in [3.8, 4) is 17.9 Å². The average Bonchev–Trinajstić information content (AvgIpc) is 2.84. The molecule has 1 fully saturated rings. The Morgan fingerprint density at radius 2 is 1.58 bits per heavy atom. The first-order chi connectivity index (χ1) is 15.8. The first-order valence-corrected chi connectivity index (χ1v) is 13.4. The van der Waals surface area contributed by atoms with Gasteiger partial charge in [-0.15, -0.1) is 0 Å². The van der Waals surface area contributed by atoms with E-state index in [-0.39, 0.29) is 5.04 Å². The summed E-state index contributed by atoms with van der Waals surface area (Å²) in [5.41, 5.74) is 0. The first kappa shape index (κ1) is 25.2. The summed E-state index contributed by atoms with van der Waals surface area (Å²) in [6, 6.07) is 22.9. The van der Waals surface area contributed by atoms with Crippen LogP contribution in [-0.4, -0.2) is 45.1 Å². The van der Waals surface area contributed by atoms with Gasteiger partial charge in [0.15, 0.2) is 0 Å². The third-order valence-electron chi connectivity index (χ3n) is 5.81. The Morgan fingerprint density at radius 1 is 1.03 bits per heavy atom. The number of nitrogens with zero attached hydrogens (tertiary/aromatic N) is 1. The van der Waals surface area contributed by atoms with Crippen molar-refractivity contribution >= 4 is 18.7 Å². The second kappa shape index (κ2) is 11.1. The molecule has 174 valence electrons. The maximum Gasteiger partial charge on any atom is 0.326 e. The molecule has 1 atom stereocenters. The molecular weight excluding hydrogens is 430 g/mol. The summed E-state index contributed by atoms with van der Waals surface area (Å²) in [5, 5.41) is 22.1. The zero-order valence-electron chi connectivity index (χ0n) is 19.7. The van der Waals surface area contributed by atoms with Gasteiger partial charge in [0.05, 0.1) is 13.2 Å². The standard InChI is InChI=1S/C27H33NO4Si/c1-26(2,3)33(24-13-6-4-7-14-24,25-15-8-5-9-16-25)32-21-10-12-23(29)17-18-27(22-28)30-19-11-20-31-27/h4-9,13-16,23,29H,10-12,19-21H2,1-3H3. The van der Waals surface area contributed by atoms with E-state index in [1.54, 1.807) is 0 Å². The van der Waals surface area contributed by atoms with Crippen molar-refractivity contribution in [1.82, 2.24) is 0 Å². The van der Waals surface area contributed by atoms with Crippen molar-refractivity contribution in [2.24, 2.45) is 0 Å².